The molecule has 0 radical (unpaired) electrons. The molecule has 0 aliphatic carbocycles. The predicted octanol–water partition coefficient (Wildman–Crippen LogP) is 1.41. The van der Waals surface area contributed by atoms with Gasteiger partial charge in [0, 0.05) is 19.5 Å². The first-order valence-corrected chi connectivity index (χ1v) is 5.55. The summed E-state index contributed by atoms with van der Waals surface area (Å²) in [6.45, 7) is 5.72. The van der Waals surface area contributed by atoms with Gasteiger partial charge in [0.15, 0.2) is 0 Å². The van der Waals surface area contributed by atoms with Crippen molar-refractivity contribution in [3.8, 4) is 0 Å². The summed E-state index contributed by atoms with van der Waals surface area (Å²) in [5.41, 5.74) is 0. The topological polar surface area (TPSA) is 40.5 Å². The Bertz CT molecular complexity index is 192. The van der Waals surface area contributed by atoms with Gasteiger partial charge in [-0.15, -0.1) is 0 Å². The van der Waals surface area contributed by atoms with Crippen LogP contribution in [0.4, 0.5) is 0 Å². The Balaban J connectivity index is 2.10. The Morgan fingerprint density at radius 3 is 2.79 bits per heavy atom. The summed E-state index contributed by atoms with van der Waals surface area (Å²) in [5, 5.41) is 9.06. The minimum atomic E-state index is -0.205. The number of aliphatic hydroxyl groups excluding tert-OH is 1. The van der Waals surface area contributed by atoms with Crippen LogP contribution in [0, 0.1) is 5.92 Å². The van der Waals surface area contributed by atoms with Crippen LogP contribution >= 0.6 is 0 Å². The zero-order chi connectivity index (χ0) is 10.6. The fourth-order valence-corrected chi connectivity index (χ4v) is 1.93. The van der Waals surface area contributed by atoms with E-state index in [0.717, 1.165) is 38.8 Å². The van der Waals surface area contributed by atoms with E-state index in [1.54, 1.807) is 0 Å². The van der Waals surface area contributed by atoms with Crippen LogP contribution in [0.3, 0.4) is 0 Å². The molecule has 14 heavy (non-hydrogen) atoms. The minimum Gasteiger partial charge on any atom is -0.393 e. The van der Waals surface area contributed by atoms with Gasteiger partial charge in [-0.2, -0.15) is 0 Å². The molecule has 1 saturated heterocycles. The normalized spacial score (nSPS) is 24.4. The van der Waals surface area contributed by atoms with Crippen LogP contribution in [0.25, 0.3) is 0 Å². The van der Waals surface area contributed by atoms with Crippen molar-refractivity contribution >= 4 is 5.91 Å². The Kier molecular flexibility index (Phi) is 4.39. The SMILES string of the molecule is CC(O)CCCCN1CC(C)CC1=O. The van der Waals surface area contributed by atoms with Crippen LogP contribution in [0.2, 0.25) is 0 Å². The van der Waals surface area contributed by atoms with Crippen molar-refractivity contribution in [3.05, 3.63) is 0 Å². The number of amides is 1. The van der Waals surface area contributed by atoms with Gasteiger partial charge >= 0.3 is 0 Å². The number of carbonyl (C=O) groups is 1. The Morgan fingerprint density at radius 2 is 2.29 bits per heavy atom. The van der Waals surface area contributed by atoms with Crippen LogP contribution in [-0.2, 0) is 4.79 Å². The second-order valence-electron chi connectivity index (χ2n) is 4.49. The maximum absolute atomic E-state index is 11.4. The highest BCUT2D eigenvalue weighted by molar-refractivity contribution is 5.78. The standard InChI is InChI=1S/C11H21NO2/c1-9-7-11(14)12(8-9)6-4-3-5-10(2)13/h9-10,13H,3-8H2,1-2H3. The van der Waals surface area contributed by atoms with Crippen molar-refractivity contribution in [2.24, 2.45) is 5.92 Å². The lowest BCUT2D eigenvalue weighted by atomic mass is 10.1. The molecule has 1 heterocycles. The Labute approximate surface area is 86.1 Å². The van der Waals surface area contributed by atoms with E-state index in [0.29, 0.717) is 11.8 Å². The van der Waals surface area contributed by atoms with Crippen molar-refractivity contribution in [1.82, 2.24) is 4.90 Å². The minimum absolute atomic E-state index is 0.205. The third kappa shape index (κ3) is 3.66. The monoisotopic (exact) mass is 199 g/mol. The molecular weight excluding hydrogens is 178 g/mol. The summed E-state index contributed by atoms with van der Waals surface area (Å²) in [4.78, 5) is 13.3. The number of aliphatic hydroxyl groups is 1. The summed E-state index contributed by atoms with van der Waals surface area (Å²) in [5.74, 6) is 0.828. The summed E-state index contributed by atoms with van der Waals surface area (Å²) >= 11 is 0. The molecule has 0 saturated carbocycles. The van der Waals surface area contributed by atoms with Crippen molar-refractivity contribution in [1.29, 1.82) is 0 Å². The van der Waals surface area contributed by atoms with Crippen LogP contribution in [-0.4, -0.2) is 35.1 Å². The second kappa shape index (κ2) is 5.35. The fraction of sp³-hybridized carbons (Fsp3) is 0.909. The molecule has 1 rings (SSSR count). The number of carbonyl (C=O) groups excluding carboxylic acids is 1. The van der Waals surface area contributed by atoms with Gasteiger partial charge in [-0.25, -0.2) is 0 Å². The number of hydrogen-bond acceptors (Lipinski definition) is 2. The first kappa shape index (κ1) is 11.5. The van der Waals surface area contributed by atoms with Crippen LogP contribution in [0.5, 0.6) is 0 Å². The third-order valence-corrected chi connectivity index (χ3v) is 2.71. The summed E-state index contributed by atoms with van der Waals surface area (Å²) in [6, 6.07) is 0. The number of rotatable bonds is 5. The Hall–Kier alpha value is -0.570. The first-order chi connectivity index (χ1) is 6.59. The summed E-state index contributed by atoms with van der Waals surface area (Å²) < 4.78 is 0. The maximum Gasteiger partial charge on any atom is 0.222 e. The quantitative estimate of drug-likeness (QED) is 0.680. The molecule has 0 aromatic rings. The molecule has 82 valence electrons. The van der Waals surface area contributed by atoms with E-state index in [4.69, 9.17) is 5.11 Å². The zero-order valence-corrected chi connectivity index (χ0v) is 9.20. The second-order valence-corrected chi connectivity index (χ2v) is 4.49. The highest BCUT2D eigenvalue weighted by Gasteiger charge is 2.25. The average molecular weight is 199 g/mol. The maximum atomic E-state index is 11.4. The Morgan fingerprint density at radius 1 is 1.57 bits per heavy atom. The van der Waals surface area contributed by atoms with Gasteiger partial charge in [-0.3, -0.25) is 4.79 Å². The molecule has 1 aliphatic rings. The fourth-order valence-electron chi connectivity index (χ4n) is 1.93. The summed E-state index contributed by atoms with van der Waals surface area (Å²) in [7, 11) is 0. The van der Waals surface area contributed by atoms with E-state index in [-0.39, 0.29) is 6.10 Å². The molecule has 3 heteroatoms. The molecule has 0 aromatic heterocycles. The highest BCUT2D eigenvalue weighted by Crippen LogP contribution is 2.17. The van der Waals surface area contributed by atoms with Crippen molar-refractivity contribution in [3.63, 3.8) is 0 Å². The zero-order valence-electron chi connectivity index (χ0n) is 9.20. The summed E-state index contributed by atoms with van der Waals surface area (Å²) in [6.07, 6.45) is 3.39. The first-order valence-electron chi connectivity index (χ1n) is 5.55. The smallest absolute Gasteiger partial charge is 0.222 e. The number of unbranched alkanes of at least 4 members (excludes halogenated alkanes) is 1. The van der Waals surface area contributed by atoms with E-state index < -0.39 is 0 Å². The van der Waals surface area contributed by atoms with Crippen LogP contribution in [0.1, 0.15) is 39.5 Å². The molecule has 0 aromatic carbocycles. The van der Waals surface area contributed by atoms with Gasteiger partial charge in [0.2, 0.25) is 5.91 Å². The molecule has 2 atom stereocenters. The van der Waals surface area contributed by atoms with E-state index in [2.05, 4.69) is 6.92 Å². The van der Waals surface area contributed by atoms with Gasteiger partial charge in [-0.1, -0.05) is 6.92 Å². The molecule has 0 bridgehead atoms. The predicted molar refractivity (Wildman–Crippen MR) is 55.9 cm³/mol. The lowest BCUT2D eigenvalue weighted by molar-refractivity contribution is -0.127. The number of nitrogens with zero attached hydrogens (tertiary/aromatic N) is 1. The molecule has 1 amide bonds. The third-order valence-electron chi connectivity index (χ3n) is 2.71. The van der Waals surface area contributed by atoms with E-state index in [1.807, 2.05) is 11.8 Å². The lowest BCUT2D eigenvalue weighted by Gasteiger charge is -2.15. The number of likely N-dealkylation sites (tertiary alicyclic amines) is 1. The van der Waals surface area contributed by atoms with Crippen molar-refractivity contribution < 1.29 is 9.90 Å². The molecule has 1 fully saturated rings. The molecule has 1 aliphatic heterocycles. The van der Waals surface area contributed by atoms with Crippen LogP contribution < -0.4 is 0 Å². The van der Waals surface area contributed by atoms with Crippen LogP contribution in [0.15, 0.2) is 0 Å². The van der Waals surface area contributed by atoms with Gasteiger partial charge in [0.25, 0.3) is 0 Å². The molecule has 0 spiro atoms. The van der Waals surface area contributed by atoms with Gasteiger partial charge in [0.1, 0.15) is 0 Å². The van der Waals surface area contributed by atoms with Crippen molar-refractivity contribution in [2.75, 3.05) is 13.1 Å². The van der Waals surface area contributed by atoms with E-state index >= 15 is 0 Å². The van der Waals surface area contributed by atoms with E-state index in [9.17, 15) is 4.79 Å². The highest BCUT2D eigenvalue weighted by atomic mass is 16.3. The molecular formula is C11H21NO2. The van der Waals surface area contributed by atoms with Gasteiger partial charge in [0.05, 0.1) is 6.10 Å². The lowest BCUT2D eigenvalue weighted by Crippen LogP contribution is -2.26. The van der Waals surface area contributed by atoms with Gasteiger partial charge < -0.3 is 10.0 Å². The number of hydrogen-bond donors (Lipinski definition) is 1. The molecule has 2 unspecified atom stereocenters. The largest absolute Gasteiger partial charge is 0.393 e. The average Bonchev–Trinajstić information content (AvgIpc) is 2.39. The van der Waals surface area contributed by atoms with Crippen molar-refractivity contribution in [2.45, 2.75) is 45.6 Å². The molecule has 3 nitrogen and oxygen atoms in total. The molecule has 1 N–H and O–H groups in total. The van der Waals surface area contributed by atoms with E-state index in [1.165, 1.54) is 0 Å². The van der Waals surface area contributed by atoms with Gasteiger partial charge in [-0.05, 0) is 32.1 Å².